The van der Waals surface area contributed by atoms with Gasteiger partial charge in [-0.05, 0) is 55.7 Å². The fourth-order valence-corrected chi connectivity index (χ4v) is 6.07. The van der Waals surface area contributed by atoms with Crippen LogP contribution >= 0.6 is 35.7 Å². The highest BCUT2D eigenvalue weighted by Crippen LogP contribution is 2.34. The lowest BCUT2D eigenvalue weighted by Gasteiger charge is -2.28. The fraction of sp³-hybridized carbons (Fsp3) is 0.419. The Labute approximate surface area is 251 Å². The average Bonchev–Trinajstić information content (AvgIpc) is 2.92. The highest BCUT2D eigenvalue weighted by molar-refractivity contribution is 8.46. The van der Waals surface area contributed by atoms with Crippen LogP contribution in [0.4, 0.5) is 0 Å². The number of carbonyl (C=O) groups excluding carboxylic acids is 3. The van der Waals surface area contributed by atoms with Gasteiger partial charge in [0.2, 0.25) is 0 Å². The molecule has 0 aliphatic carbocycles. The molecule has 0 amide bonds. The normalized spacial score (nSPS) is 13.0. The van der Waals surface area contributed by atoms with Crippen molar-refractivity contribution in [2.24, 2.45) is 11.3 Å². The van der Waals surface area contributed by atoms with E-state index in [1.807, 2.05) is 43.3 Å². The zero-order valence-corrected chi connectivity index (χ0v) is 26.1. The molecule has 2 rings (SSSR count). The average molecular weight is 603 g/mol. The molecule has 0 fully saturated rings. The molecule has 0 aromatic heterocycles. The summed E-state index contributed by atoms with van der Waals surface area (Å²) in [4.78, 5) is 39.0. The van der Waals surface area contributed by atoms with Gasteiger partial charge in [0.1, 0.15) is 15.9 Å². The van der Waals surface area contributed by atoms with Gasteiger partial charge in [-0.3, -0.25) is 14.4 Å². The first-order chi connectivity index (χ1) is 19.1. The summed E-state index contributed by atoms with van der Waals surface area (Å²) in [5.74, 6) is -0.276. The number of ether oxygens (including phenoxy) is 3. The summed E-state index contributed by atoms with van der Waals surface area (Å²) in [6, 6.07) is 14.8. The second-order valence-corrected chi connectivity index (χ2v) is 13.1. The highest BCUT2D eigenvalue weighted by atomic mass is 32.2. The minimum Gasteiger partial charge on any atom is -0.465 e. The maximum absolute atomic E-state index is 13.1. The molecule has 0 saturated heterocycles. The van der Waals surface area contributed by atoms with E-state index in [4.69, 9.17) is 26.4 Å². The molecule has 0 spiro atoms. The molecular weight excluding hydrogens is 565 g/mol. The lowest BCUT2D eigenvalue weighted by Crippen LogP contribution is -2.37. The van der Waals surface area contributed by atoms with E-state index in [1.165, 1.54) is 0 Å². The third kappa shape index (κ3) is 11.5. The molecule has 6 nitrogen and oxygen atoms in total. The van der Waals surface area contributed by atoms with E-state index in [2.05, 4.69) is 13.5 Å². The monoisotopic (exact) mass is 602 g/mol. The molecule has 9 heteroatoms. The van der Waals surface area contributed by atoms with Crippen LogP contribution in [0.3, 0.4) is 0 Å². The number of thiocarbonyl (C=S) groups is 1. The van der Waals surface area contributed by atoms with Gasteiger partial charge in [-0.15, -0.1) is 30.1 Å². The molecule has 0 radical (unpaired) electrons. The SMILES string of the molecule is C=CCCOC(=O)C(C)(CC(=O)OCc1ccccc1CSC(=S)SCC)CC(C)C(=O)Oc1ccc(C)cc1. The number of benzene rings is 2. The van der Waals surface area contributed by atoms with Crippen molar-refractivity contribution in [1.29, 1.82) is 0 Å². The molecule has 0 aliphatic heterocycles. The van der Waals surface area contributed by atoms with E-state index in [1.54, 1.807) is 55.6 Å². The van der Waals surface area contributed by atoms with Crippen molar-refractivity contribution >= 4 is 57.2 Å². The van der Waals surface area contributed by atoms with Gasteiger partial charge in [-0.1, -0.05) is 74.1 Å². The van der Waals surface area contributed by atoms with E-state index in [0.717, 1.165) is 26.0 Å². The van der Waals surface area contributed by atoms with Gasteiger partial charge in [0.05, 0.1) is 24.4 Å². The quantitative estimate of drug-likeness (QED) is 0.0679. The smallest absolute Gasteiger partial charge is 0.314 e. The van der Waals surface area contributed by atoms with Crippen LogP contribution in [0.25, 0.3) is 0 Å². The minimum absolute atomic E-state index is 0.0550. The molecule has 0 heterocycles. The van der Waals surface area contributed by atoms with Crippen LogP contribution in [-0.2, 0) is 36.2 Å². The number of rotatable bonds is 15. The molecule has 0 saturated carbocycles. The summed E-state index contributed by atoms with van der Waals surface area (Å²) < 4.78 is 17.4. The Morgan fingerprint density at radius 1 is 1.05 bits per heavy atom. The third-order valence-electron chi connectivity index (χ3n) is 6.10. The van der Waals surface area contributed by atoms with Gasteiger partial charge in [-0.25, -0.2) is 0 Å². The lowest BCUT2D eigenvalue weighted by atomic mass is 9.78. The molecule has 0 aliphatic rings. The number of aryl methyl sites for hydroxylation is 1. The van der Waals surface area contributed by atoms with Crippen molar-refractivity contribution in [2.45, 2.75) is 59.3 Å². The molecular formula is C31H38O6S3. The predicted molar refractivity (Wildman–Crippen MR) is 167 cm³/mol. The van der Waals surface area contributed by atoms with Gasteiger partial charge in [0.15, 0.2) is 0 Å². The zero-order valence-electron chi connectivity index (χ0n) is 23.6. The van der Waals surface area contributed by atoms with E-state index in [0.29, 0.717) is 17.9 Å². The van der Waals surface area contributed by atoms with Crippen molar-refractivity contribution < 1.29 is 28.6 Å². The van der Waals surface area contributed by atoms with Gasteiger partial charge < -0.3 is 14.2 Å². The molecule has 2 aromatic rings. The van der Waals surface area contributed by atoms with Crippen LogP contribution in [0.5, 0.6) is 5.75 Å². The zero-order chi connectivity index (χ0) is 29.5. The van der Waals surface area contributed by atoms with Gasteiger partial charge in [0, 0.05) is 5.75 Å². The topological polar surface area (TPSA) is 78.9 Å². The number of carbonyl (C=O) groups is 3. The molecule has 0 N–H and O–H groups in total. The van der Waals surface area contributed by atoms with Crippen LogP contribution in [-0.4, -0.2) is 33.8 Å². The van der Waals surface area contributed by atoms with Gasteiger partial charge in [0.25, 0.3) is 0 Å². The first-order valence-electron chi connectivity index (χ1n) is 13.2. The van der Waals surface area contributed by atoms with E-state index >= 15 is 0 Å². The summed E-state index contributed by atoms with van der Waals surface area (Å²) in [5, 5.41) is 0. The second-order valence-electron chi connectivity index (χ2n) is 9.69. The Bertz CT molecular complexity index is 1160. The number of hydrogen-bond acceptors (Lipinski definition) is 9. The number of thioether (sulfide) groups is 2. The van der Waals surface area contributed by atoms with Crippen LogP contribution in [0.2, 0.25) is 0 Å². The van der Waals surface area contributed by atoms with E-state index in [-0.39, 0.29) is 26.1 Å². The summed E-state index contributed by atoms with van der Waals surface area (Å²) in [6.07, 6.45) is 1.94. The van der Waals surface area contributed by atoms with Crippen molar-refractivity contribution in [3.63, 3.8) is 0 Å². The summed E-state index contributed by atoms with van der Waals surface area (Å²) in [5.41, 5.74) is 1.65. The Balaban J connectivity index is 2.08. The Morgan fingerprint density at radius 3 is 2.38 bits per heavy atom. The summed E-state index contributed by atoms with van der Waals surface area (Å²) >= 11 is 8.58. The van der Waals surface area contributed by atoms with Gasteiger partial charge >= 0.3 is 17.9 Å². The highest BCUT2D eigenvalue weighted by Gasteiger charge is 2.41. The van der Waals surface area contributed by atoms with Gasteiger partial charge in [-0.2, -0.15) is 0 Å². The van der Waals surface area contributed by atoms with Crippen LogP contribution < -0.4 is 4.74 Å². The molecule has 40 heavy (non-hydrogen) atoms. The van der Waals surface area contributed by atoms with Crippen LogP contribution in [0.1, 0.15) is 56.7 Å². The molecule has 2 unspecified atom stereocenters. The van der Waals surface area contributed by atoms with Crippen molar-refractivity contribution in [1.82, 2.24) is 0 Å². The summed E-state index contributed by atoms with van der Waals surface area (Å²) in [6.45, 7) is 11.1. The first-order valence-corrected chi connectivity index (χ1v) is 15.5. The first kappa shape index (κ1) is 33.6. The largest absolute Gasteiger partial charge is 0.465 e. The third-order valence-corrected chi connectivity index (χ3v) is 8.73. The van der Waals surface area contributed by atoms with Crippen LogP contribution in [0.15, 0.2) is 61.2 Å². The Hall–Kier alpha value is -2.62. The predicted octanol–water partition coefficient (Wildman–Crippen LogP) is 7.46. The van der Waals surface area contributed by atoms with Crippen molar-refractivity contribution in [2.75, 3.05) is 12.4 Å². The maximum atomic E-state index is 13.1. The Kier molecular flexibility index (Phi) is 14.5. The minimum atomic E-state index is -1.29. The number of hydrogen-bond donors (Lipinski definition) is 0. The fourth-order valence-electron chi connectivity index (χ4n) is 3.88. The van der Waals surface area contributed by atoms with Crippen molar-refractivity contribution in [3.8, 4) is 5.75 Å². The standard InChI is InChI=1S/C31H38O6S3/c1-6-8-17-35-29(34)31(5,18-23(4)28(33)37-26-15-13-22(3)14-16-26)19-27(32)36-20-24-11-9-10-12-25(24)21-40-30(38)39-7-2/h6,9-16,23H,1,7-8,17-21H2,2-5H3. The van der Waals surface area contributed by atoms with Crippen LogP contribution in [0, 0.1) is 18.3 Å². The van der Waals surface area contributed by atoms with E-state index in [9.17, 15) is 14.4 Å². The summed E-state index contributed by atoms with van der Waals surface area (Å²) in [7, 11) is 0. The van der Waals surface area contributed by atoms with E-state index < -0.39 is 29.2 Å². The molecule has 0 bridgehead atoms. The second kappa shape index (κ2) is 17.3. The molecule has 2 atom stereocenters. The molecule has 216 valence electrons. The maximum Gasteiger partial charge on any atom is 0.314 e. The lowest BCUT2D eigenvalue weighted by molar-refractivity contribution is -0.164. The number of esters is 3. The van der Waals surface area contributed by atoms with Crippen molar-refractivity contribution in [3.05, 3.63) is 77.9 Å². The Morgan fingerprint density at radius 2 is 1.73 bits per heavy atom. The molecule has 2 aromatic carbocycles.